The van der Waals surface area contributed by atoms with Gasteiger partial charge in [-0.05, 0) is 38.8 Å². The van der Waals surface area contributed by atoms with Crippen molar-refractivity contribution in [2.45, 2.75) is 46.7 Å². The molecule has 0 aliphatic rings. The molecule has 0 aliphatic heterocycles. The minimum absolute atomic E-state index is 0.259. The fraction of sp³-hybridized carbons (Fsp3) is 0.900. The van der Waals surface area contributed by atoms with Crippen LogP contribution in [0.1, 0.15) is 34.6 Å². The summed E-state index contributed by atoms with van der Waals surface area (Å²) >= 11 is 0. The number of aliphatic imine (C=N–C) groups is 1. The molecule has 0 rings (SSSR count). The lowest BCUT2D eigenvalue weighted by Crippen LogP contribution is -2.33. The minimum atomic E-state index is 0.259. The normalized spacial score (nSPS) is 22.2. The molecule has 0 spiro atoms. The Morgan fingerprint density at radius 1 is 1.08 bits per heavy atom. The van der Waals surface area contributed by atoms with Gasteiger partial charge in [0.2, 0.25) is 0 Å². The van der Waals surface area contributed by atoms with Crippen LogP contribution in [0.2, 0.25) is 0 Å². The highest BCUT2D eigenvalue weighted by molar-refractivity contribution is 5.53. The van der Waals surface area contributed by atoms with Crippen molar-refractivity contribution < 1.29 is 0 Å². The van der Waals surface area contributed by atoms with Crippen molar-refractivity contribution in [3.05, 3.63) is 0 Å². The zero-order chi connectivity index (χ0) is 9.72. The second-order valence-electron chi connectivity index (χ2n) is 3.73. The summed E-state index contributed by atoms with van der Waals surface area (Å²) < 4.78 is 0. The SMILES string of the molecule is CC=NC(C)[C@@H](C)[C@@H](C)[C@@H](C)N. The van der Waals surface area contributed by atoms with Crippen LogP contribution in [-0.4, -0.2) is 18.3 Å². The largest absolute Gasteiger partial charge is 0.328 e. The molecule has 0 aromatic heterocycles. The van der Waals surface area contributed by atoms with Crippen LogP contribution in [0.15, 0.2) is 4.99 Å². The first-order valence-electron chi connectivity index (χ1n) is 4.74. The third-order valence-corrected chi connectivity index (χ3v) is 2.80. The molecular weight excluding hydrogens is 148 g/mol. The number of hydrogen-bond donors (Lipinski definition) is 1. The van der Waals surface area contributed by atoms with E-state index >= 15 is 0 Å². The first-order chi connectivity index (χ1) is 5.50. The molecule has 12 heavy (non-hydrogen) atoms. The van der Waals surface area contributed by atoms with E-state index in [0.717, 1.165) is 0 Å². The summed E-state index contributed by atoms with van der Waals surface area (Å²) in [6, 6.07) is 0.644. The van der Waals surface area contributed by atoms with E-state index in [1.165, 1.54) is 0 Å². The Bertz CT molecular complexity index is 141. The van der Waals surface area contributed by atoms with Gasteiger partial charge in [0.05, 0.1) is 0 Å². The van der Waals surface area contributed by atoms with Crippen LogP contribution < -0.4 is 5.73 Å². The average Bonchev–Trinajstić information content (AvgIpc) is 2.02. The van der Waals surface area contributed by atoms with Gasteiger partial charge in [0.15, 0.2) is 0 Å². The highest BCUT2D eigenvalue weighted by Gasteiger charge is 2.20. The van der Waals surface area contributed by atoms with E-state index in [-0.39, 0.29) is 6.04 Å². The Labute approximate surface area is 76.3 Å². The summed E-state index contributed by atoms with van der Waals surface area (Å²) in [6.45, 7) is 10.6. The average molecular weight is 170 g/mol. The van der Waals surface area contributed by atoms with Crippen LogP contribution in [0.5, 0.6) is 0 Å². The van der Waals surface area contributed by atoms with E-state index in [2.05, 4.69) is 32.7 Å². The highest BCUT2D eigenvalue weighted by Crippen LogP contribution is 2.19. The van der Waals surface area contributed by atoms with Gasteiger partial charge in [-0.2, -0.15) is 0 Å². The maximum absolute atomic E-state index is 5.82. The summed E-state index contributed by atoms with van der Waals surface area (Å²) in [5.74, 6) is 1.09. The summed E-state index contributed by atoms with van der Waals surface area (Å²) in [4.78, 5) is 4.35. The monoisotopic (exact) mass is 170 g/mol. The van der Waals surface area contributed by atoms with Crippen molar-refractivity contribution in [1.82, 2.24) is 0 Å². The third kappa shape index (κ3) is 3.35. The van der Waals surface area contributed by atoms with Gasteiger partial charge in [0.1, 0.15) is 0 Å². The second kappa shape index (κ2) is 5.31. The molecule has 0 aromatic carbocycles. The van der Waals surface area contributed by atoms with Gasteiger partial charge in [-0.25, -0.2) is 0 Å². The van der Waals surface area contributed by atoms with Crippen LogP contribution in [0.25, 0.3) is 0 Å². The molecule has 2 nitrogen and oxygen atoms in total. The summed E-state index contributed by atoms with van der Waals surface area (Å²) in [6.07, 6.45) is 1.87. The molecule has 0 aliphatic carbocycles. The van der Waals surface area contributed by atoms with Crippen LogP contribution in [0, 0.1) is 11.8 Å². The van der Waals surface area contributed by atoms with E-state index in [0.29, 0.717) is 17.9 Å². The molecule has 1 unspecified atom stereocenters. The van der Waals surface area contributed by atoms with E-state index in [9.17, 15) is 0 Å². The third-order valence-electron chi connectivity index (χ3n) is 2.80. The number of hydrogen-bond acceptors (Lipinski definition) is 2. The van der Waals surface area contributed by atoms with E-state index in [1.54, 1.807) is 0 Å². The van der Waals surface area contributed by atoms with Gasteiger partial charge in [0.25, 0.3) is 0 Å². The second-order valence-corrected chi connectivity index (χ2v) is 3.73. The van der Waals surface area contributed by atoms with Gasteiger partial charge in [-0.1, -0.05) is 13.8 Å². The summed E-state index contributed by atoms with van der Waals surface area (Å²) in [7, 11) is 0. The van der Waals surface area contributed by atoms with E-state index in [1.807, 2.05) is 13.1 Å². The van der Waals surface area contributed by atoms with Crippen molar-refractivity contribution in [2.75, 3.05) is 0 Å². The van der Waals surface area contributed by atoms with Gasteiger partial charge in [-0.15, -0.1) is 0 Å². The number of nitrogens with two attached hydrogens (primary N) is 1. The highest BCUT2D eigenvalue weighted by atomic mass is 14.8. The van der Waals surface area contributed by atoms with Crippen LogP contribution in [0.3, 0.4) is 0 Å². The molecular formula is C10H22N2. The summed E-state index contributed by atoms with van der Waals surface area (Å²) in [5, 5.41) is 0. The predicted molar refractivity (Wildman–Crippen MR) is 55.6 cm³/mol. The van der Waals surface area contributed by atoms with E-state index in [4.69, 9.17) is 5.73 Å². The fourth-order valence-electron chi connectivity index (χ4n) is 1.29. The Morgan fingerprint density at radius 3 is 1.92 bits per heavy atom. The molecule has 0 amide bonds. The van der Waals surface area contributed by atoms with Gasteiger partial charge >= 0.3 is 0 Å². The molecule has 0 radical (unpaired) electrons. The zero-order valence-corrected chi connectivity index (χ0v) is 8.91. The number of rotatable bonds is 4. The standard InChI is InChI=1S/C10H22N2/c1-6-12-10(5)8(3)7(2)9(4)11/h6-10H,11H2,1-5H3/t7-,8+,9-,10?/m1/s1. The Hall–Kier alpha value is -0.370. The van der Waals surface area contributed by atoms with Crippen molar-refractivity contribution in [2.24, 2.45) is 22.6 Å². The fourth-order valence-corrected chi connectivity index (χ4v) is 1.29. The Balaban J connectivity index is 4.08. The molecule has 72 valence electrons. The first-order valence-corrected chi connectivity index (χ1v) is 4.74. The van der Waals surface area contributed by atoms with Gasteiger partial charge in [-0.3, -0.25) is 4.99 Å². The molecule has 0 heterocycles. The molecule has 0 saturated carbocycles. The topological polar surface area (TPSA) is 38.4 Å². The van der Waals surface area contributed by atoms with E-state index < -0.39 is 0 Å². The van der Waals surface area contributed by atoms with Crippen LogP contribution >= 0.6 is 0 Å². The quantitative estimate of drug-likeness (QED) is 0.645. The Kier molecular flexibility index (Phi) is 5.14. The van der Waals surface area contributed by atoms with Crippen molar-refractivity contribution in [1.29, 1.82) is 0 Å². The molecule has 2 heteroatoms. The first kappa shape index (κ1) is 11.6. The zero-order valence-electron chi connectivity index (χ0n) is 8.91. The van der Waals surface area contributed by atoms with Crippen molar-refractivity contribution in [3.8, 4) is 0 Å². The van der Waals surface area contributed by atoms with Gasteiger partial charge in [0, 0.05) is 12.1 Å². The Morgan fingerprint density at radius 2 is 1.58 bits per heavy atom. The molecule has 4 atom stereocenters. The minimum Gasteiger partial charge on any atom is -0.328 e. The molecule has 0 bridgehead atoms. The van der Waals surface area contributed by atoms with Crippen molar-refractivity contribution in [3.63, 3.8) is 0 Å². The smallest absolute Gasteiger partial charge is 0.0496 e. The van der Waals surface area contributed by atoms with Gasteiger partial charge < -0.3 is 5.73 Å². The predicted octanol–water partition coefficient (Wildman–Crippen LogP) is 2.08. The lowest BCUT2D eigenvalue weighted by molar-refractivity contribution is 0.301. The lowest BCUT2D eigenvalue weighted by atomic mass is 9.86. The number of nitrogens with zero attached hydrogens (tertiary/aromatic N) is 1. The molecule has 0 saturated heterocycles. The molecule has 2 N–H and O–H groups in total. The van der Waals surface area contributed by atoms with Crippen molar-refractivity contribution >= 4 is 6.21 Å². The molecule has 0 aromatic rings. The maximum Gasteiger partial charge on any atom is 0.0496 e. The molecule has 0 fully saturated rings. The van der Waals surface area contributed by atoms with Crippen LogP contribution in [0.4, 0.5) is 0 Å². The lowest BCUT2D eigenvalue weighted by Gasteiger charge is -2.26. The maximum atomic E-state index is 5.82. The summed E-state index contributed by atoms with van der Waals surface area (Å²) in [5.41, 5.74) is 5.82. The van der Waals surface area contributed by atoms with Crippen LogP contribution in [-0.2, 0) is 0 Å².